The Morgan fingerprint density at radius 2 is 1.17 bits per heavy atom. The summed E-state index contributed by atoms with van der Waals surface area (Å²) in [7, 11) is 11.7. The predicted molar refractivity (Wildman–Crippen MR) is 344 cm³/mol. The molecule has 4 aliphatic heterocycles. The van der Waals surface area contributed by atoms with Crippen LogP contribution in [-0.2, 0) is 33.3 Å². The first-order valence-electron chi connectivity index (χ1n) is 30.9. The zero-order valence-electron chi connectivity index (χ0n) is 57.0. The molecule has 0 spiro atoms. The molecule has 0 aromatic carbocycles. The predicted octanol–water partition coefficient (Wildman–Crippen LogP) is 5.30. The van der Waals surface area contributed by atoms with Crippen LogP contribution >= 0.6 is 23.2 Å². The van der Waals surface area contributed by atoms with E-state index in [-0.39, 0.29) is 68.9 Å². The summed E-state index contributed by atoms with van der Waals surface area (Å²) in [6.07, 6.45) is 18.8. The number of likely N-dealkylation sites (N-methyl/N-ethyl adjacent to an activating group) is 2. The monoisotopic (exact) mass is 1340 g/mol. The second kappa shape index (κ2) is 50.0. The lowest BCUT2D eigenvalue weighted by Gasteiger charge is -2.34. The molecule has 3 aromatic heterocycles. The number of aromatic nitrogens is 9. The van der Waals surface area contributed by atoms with Gasteiger partial charge in [0.05, 0.1) is 88.8 Å². The first-order chi connectivity index (χ1) is 43.1. The number of esters is 1. The molecule has 2 aliphatic carbocycles. The molecule has 31 heteroatoms. The van der Waals surface area contributed by atoms with Crippen molar-refractivity contribution >= 4 is 53.1 Å². The van der Waals surface area contributed by atoms with E-state index in [1.807, 2.05) is 11.8 Å². The maximum atomic E-state index is 11.6. The van der Waals surface area contributed by atoms with Crippen LogP contribution in [0.4, 0.5) is 16.7 Å². The lowest BCUT2D eigenvalue weighted by Crippen LogP contribution is -3.00. The van der Waals surface area contributed by atoms with Crippen molar-refractivity contribution in [1.29, 1.82) is 0 Å². The van der Waals surface area contributed by atoms with E-state index in [1.54, 1.807) is 40.9 Å². The molecule has 5 fully saturated rings. The number of anilines is 1. The van der Waals surface area contributed by atoms with Crippen molar-refractivity contribution < 1.29 is 82.0 Å². The van der Waals surface area contributed by atoms with Gasteiger partial charge in [-0.25, -0.2) is 9.59 Å². The van der Waals surface area contributed by atoms with Gasteiger partial charge in [0.25, 0.3) is 0 Å². The Labute approximate surface area is 554 Å². The number of quaternary nitrogens is 1. The number of halogens is 3. The van der Waals surface area contributed by atoms with Gasteiger partial charge in [-0.15, -0.1) is 26.6 Å². The van der Waals surface area contributed by atoms with E-state index >= 15 is 0 Å². The summed E-state index contributed by atoms with van der Waals surface area (Å²) < 4.78 is 62.9. The summed E-state index contributed by atoms with van der Waals surface area (Å²) in [6, 6.07) is 2.09. The van der Waals surface area contributed by atoms with Crippen LogP contribution in [0.15, 0.2) is 12.3 Å². The number of hydrogen-bond acceptors (Lipinski definition) is 25. The molecule has 0 radical (unpaired) electrons. The fraction of sp³-hybridized carbons (Fsp3) is 0.763. The summed E-state index contributed by atoms with van der Waals surface area (Å²) in [5.41, 5.74) is -0.615. The van der Waals surface area contributed by atoms with Gasteiger partial charge in [-0.3, -0.25) is 14.2 Å². The highest BCUT2D eigenvalue weighted by Crippen LogP contribution is 2.24. The number of alkyl halides is 1. The van der Waals surface area contributed by atoms with Crippen molar-refractivity contribution in [3.8, 4) is 30.1 Å². The number of aryl methyl sites for hydroxylation is 1. The average molecular weight is 1350 g/mol. The quantitative estimate of drug-likeness (QED) is 0.140. The summed E-state index contributed by atoms with van der Waals surface area (Å²) in [4.78, 5) is 73.6. The highest BCUT2D eigenvalue weighted by Gasteiger charge is 2.34. The van der Waals surface area contributed by atoms with Crippen LogP contribution < -0.4 is 50.8 Å². The number of nitrogens with one attached hydrogen (secondary N) is 1. The van der Waals surface area contributed by atoms with Gasteiger partial charge in [-0.1, -0.05) is 65.8 Å². The molecule has 3 aromatic rings. The molecule has 0 bridgehead atoms. The van der Waals surface area contributed by atoms with Gasteiger partial charge in [0, 0.05) is 60.5 Å². The molecule has 7 heterocycles. The number of rotatable bonds is 11. The van der Waals surface area contributed by atoms with Crippen LogP contribution in [-0.4, -0.2) is 243 Å². The van der Waals surface area contributed by atoms with Crippen molar-refractivity contribution in [3.05, 3.63) is 23.4 Å². The van der Waals surface area contributed by atoms with Crippen LogP contribution in [0.1, 0.15) is 135 Å². The van der Waals surface area contributed by atoms with Gasteiger partial charge >= 0.3 is 54.0 Å². The number of hydrogen-bond donors (Lipinski definition) is 2. The average Bonchev–Trinajstić information content (AvgIpc) is 0.941. The van der Waals surface area contributed by atoms with Crippen molar-refractivity contribution in [1.82, 2.24) is 64.5 Å². The maximum Gasteiger partial charge on any atom is 0.415 e. The Hall–Kier alpha value is -5.59. The minimum atomic E-state index is -1.02. The number of carboxylic acid groups (broad SMARTS) is 1. The highest BCUT2D eigenvalue weighted by molar-refractivity contribution is 6.28. The third-order valence-corrected chi connectivity index (χ3v) is 13.3. The van der Waals surface area contributed by atoms with Gasteiger partial charge in [0.2, 0.25) is 11.2 Å². The van der Waals surface area contributed by atoms with Gasteiger partial charge in [-0.2, -0.15) is 29.9 Å². The van der Waals surface area contributed by atoms with Crippen LogP contribution in [0.2, 0.25) is 5.28 Å². The van der Waals surface area contributed by atoms with E-state index in [2.05, 4.69) is 85.5 Å². The minimum Gasteiger partial charge on any atom is -1.00 e. The van der Waals surface area contributed by atoms with Gasteiger partial charge in [-0.05, 0) is 85.4 Å². The minimum absolute atomic E-state index is 0. The summed E-state index contributed by atoms with van der Waals surface area (Å²) in [5, 5.41) is 12.7. The number of methoxy groups -OCH3 is 5. The SMILES string of the molecule is C.C1CCC(NC2CCCCC2)CC1.CC(C)(C)OC(=O)N1C=CC[C@H]1C(=O)O.CCOC(C)=O.CCl.CN1CCOCC1.COc1nc(C)nc([N+]2(C)CCOCC2)n1.COc1nc(Cl)nc(OC)n1.COc1nc(OC)nc(N2CCOCC2)n1.[2H]CC[3H].[Cl-]. The van der Waals surface area contributed by atoms with E-state index in [4.69, 9.17) is 62.1 Å². The van der Waals surface area contributed by atoms with Crippen molar-refractivity contribution in [3.63, 3.8) is 0 Å². The Kier molecular flexibility index (Phi) is 45.8. The second-order valence-electron chi connectivity index (χ2n) is 20.9. The first-order valence-corrected chi connectivity index (χ1v) is 30.6. The van der Waals surface area contributed by atoms with Crippen LogP contribution in [0.25, 0.3) is 0 Å². The second-order valence-corrected chi connectivity index (χ2v) is 21.3. The van der Waals surface area contributed by atoms with Crippen LogP contribution in [0, 0.1) is 6.92 Å². The van der Waals surface area contributed by atoms with E-state index in [9.17, 15) is 14.4 Å². The number of aliphatic carboxylic acids is 1. The van der Waals surface area contributed by atoms with E-state index < -0.39 is 23.7 Å². The first kappa shape index (κ1) is 82.4. The topological polar surface area (TPSA) is 302 Å². The molecule has 0 unspecified atom stereocenters. The Morgan fingerprint density at radius 3 is 1.54 bits per heavy atom. The van der Waals surface area contributed by atoms with Crippen molar-refractivity contribution in [2.75, 3.05) is 146 Å². The number of carbonyl (C=O) groups excluding carboxylic acids is 2. The highest BCUT2D eigenvalue weighted by atomic mass is 35.5. The largest absolute Gasteiger partial charge is 1.00 e. The number of nitrogens with zero attached hydrogens (tertiary/aromatic N) is 13. The molecular weight excluding hydrogens is 1240 g/mol. The standard InChI is InChI=1S/C12H23N.C10H17N4O2.C10H15NO4.C9H14N4O3.C5H6ClN3O2.C5H11NO.C4H8O2.C2H6.CH3Cl.CH4.ClH/c1-3-7-11(8-4-1)13-12-9-5-2-6-10-12;1-8-11-9(13-10(12-8)15-3)14(2)4-6-16-7-5-14;1-10(2,3)15-9(14)11-6-4-5-7(11)8(12)13;1-14-8-10-7(11-9(12-8)15-2)13-3-5-16-6-4-13;1-10-4-7-3(6)8-5(9-4)11-2;1-6-2-4-7-5-3-6;1-3-6-4(2)5;2*1-2;;/h11-13H,1-10H2;4-7H2,1-3H3;4,6-7H,5H2,1-3H3,(H,12,13);3-6H2,1-2H3;1-2H3;2-5H2,1H3;3H2,1-2H3;1-2H3;1H3;1H4;1H/q;+1;;;;;;;;;/p-1/t;;7-;;;;;;;;/m..0......../s1/i;;;;;;;1D,2T;;;. The number of morpholine rings is 3. The van der Waals surface area contributed by atoms with Gasteiger partial charge in [0.1, 0.15) is 30.6 Å². The molecule has 9 rings (SSSR count). The zero-order chi connectivity index (χ0) is 67.3. The molecule has 2 saturated carbocycles. The summed E-state index contributed by atoms with van der Waals surface area (Å²) in [6.45, 7) is 21.3. The fourth-order valence-electron chi connectivity index (χ4n) is 8.61. The third kappa shape index (κ3) is 36.5. The molecule has 28 nitrogen and oxygen atoms in total. The Morgan fingerprint density at radius 1 is 0.733 bits per heavy atom. The molecule has 90 heavy (non-hydrogen) atoms. The molecule has 6 aliphatic rings. The van der Waals surface area contributed by atoms with Gasteiger partial charge < -0.3 is 80.0 Å². The lowest BCUT2D eigenvalue weighted by molar-refractivity contribution is -0.142. The number of carboxylic acids is 1. The summed E-state index contributed by atoms with van der Waals surface area (Å²) in [5.74, 6) is 0.774. The molecule has 1 atom stereocenters. The van der Waals surface area contributed by atoms with Crippen molar-refractivity contribution in [2.24, 2.45) is 0 Å². The normalized spacial score (nSPS) is 17.8. The molecule has 518 valence electrons. The Balaban J connectivity index is 0. The van der Waals surface area contributed by atoms with Gasteiger partial charge in [0.15, 0.2) is 0 Å². The zero-order valence-corrected chi connectivity index (χ0v) is 57.2. The van der Waals surface area contributed by atoms with Crippen LogP contribution in [0.5, 0.6) is 30.1 Å². The van der Waals surface area contributed by atoms with E-state index in [1.165, 1.54) is 112 Å². The lowest BCUT2D eigenvalue weighted by atomic mass is 9.91. The molecule has 3 saturated heterocycles. The molecular formula is C59H107Cl3N14O14. The number of ether oxygens (including phenoxy) is 10. The maximum absolute atomic E-state index is 11.6. The van der Waals surface area contributed by atoms with Crippen LogP contribution in [0.3, 0.4) is 0 Å². The van der Waals surface area contributed by atoms with E-state index in [0.29, 0.717) is 48.5 Å². The number of carbonyl (C=O) groups is 3. The Bertz CT molecular complexity index is 2380. The smallest absolute Gasteiger partial charge is 0.415 e. The molecule has 2 N–H and O–H groups in total. The summed E-state index contributed by atoms with van der Waals surface area (Å²) >= 11 is 10.1. The third-order valence-electron chi connectivity index (χ3n) is 13.1. The van der Waals surface area contributed by atoms with E-state index in [0.717, 1.165) is 88.6 Å². The molecule has 1 amide bonds. The van der Waals surface area contributed by atoms with Crippen molar-refractivity contribution in [2.45, 2.75) is 157 Å². The number of amides is 1. The fourth-order valence-corrected chi connectivity index (χ4v) is 8.75.